The molecule has 0 bridgehead atoms. The van der Waals surface area contributed by atoms with Gasteiger partial charge >= 0.3 is 12.1 Å². The Morgan fingerprint density at radius 1 is 1.00 bits per heavy atom. The lowest BCUT2D eigenvalue weighted by atomic mass is 9.97. The van der Waals surface area contributed by atoms with Crippen LogP contribution in [0.2, 0.25) is 0 Å². The number of benzene rings is 2. The van der Waals surface area contributed by atoms with Crippen LogP contribution in [0, 0.1) is 5.92 Å². The fourth-order valence-electron chi connectivity index (χ4n) is 3.77. The van der Waals surface area contributed by atoms with Crippen LogP contribution in [-0.2, 0) is 27.1 Å². The van der Waals surface area contributed by atoms with Crippen molar-refractivity contribution >= 4 is 40.5 Å². The predicted octanol–water partition coefficient (Wildman–Crippen LogP) is 3.14. The molecule has 9 nitrogen and oxygen atoms in total. The number of para-hydroxylation sites is 2. The monoisotopic (exact) mass is 523 g/mol. The molecule has 0 radical (unpaired) electrons. The number of hydrazone groups is 2. The standard InChI is InChI=1S/C26H21F3N6O3/c1-17-22(25(38)35(33-17)18-10-4-2-5-11-18)23(32-31-21(36)16-34-14-8-3-9-15-34)24(37)30-20-13-7-6-12-19(20)26(27,28)29/h2-15,22H,16H2,1H3,(H-,30,31,36,37)/p+1/t22-/m1/s1. The molecule has 3 amide bonds. The number of hydrogen-bond acceptors (Lipinski definition) is 5. The molecule has 0 aliphatic carbocycles. The molecule has 0 unspecified atom stereocenters. The second kappa shape index (κ2) is 11.0. The van der Waals surface area contributed by atoms with Crippen molar-refractivity contribution in [2.45, 2.75) is 19.6 Å². The molecule has 0 fully saturated rings. The van der Waals surface area contributed by atoms with Crippen LogP contribution < -0.4 is 20.3 Å². The molecule has 1 aromatic heterocycles. The molecule has 2 heterocycles. The minimum atomic E-state index is -4.74. The molecule has 1 aliphatic heterocycles. The number of pyridine rings is 1. The van der Waals surface area contributed by atoms with Crippen molar-refractivity contribution in [3.8, 4) is 0 Å². The number of amides is 3. The van der Waals surface area contributed by atoms with E-state index in [1.165, 1.54) is 19.1 Å². The van der Waals surface area contributed by atoms with Gasteiger partial charge in [-0.05, 0) is 31.2 Å². The molecule has 1 atom stereocenters. The second-order valence-electron chi connectivity index (χ2n) is 8.24. The van der Waals surface area contributed by atoms with Gasteiger partial charge in [0.15, 0.2) is 12.4 Å². The molecular formula is C26H22F3N6O3+. The van der Waals surface area contributed by atoms with E-state index in [1.54, 1.807) is 65.5 Å². The van der Waals surface area contributed by atoms with E-state index in [9.17, 15) is 27.6 Å². The van der Waals surface area contributed by atoms with Crippen molar-refractivity contribution < 1.29 is 32.1 Å². The van der Waals surface area contributed by atoms with Crippen molar-refractivity contribution in [1.82, 2.24) is 5.43 Å². The summed E-state index contributed by atoms with van der Waals surface area (Å²) < 4.78 is 42.1. The lowest BCUT2D eigenvalue weighted by molar-refractivity contribution is -0.684. The molecule has 38 heavy (non-hydrogen) atoms. The zero-order chi connectivity index (χ0) is 27.3. The largest absolute Gasteiger partial charge is 0.418 e. The number of rotatable bonds is 7. The average Bonchev–Trinajstić information content (AvgIpc) is 3.19. The Kier molecular flexibility index (Phi) is 7.61. The predicted molar refractivity (Wildman–Crippen MR) is 133 cm³/mol. The third kappa shape index (κ3) is 5.91. The van der Waals surface area contributed by atoms with Crippen LogP contribution in [0.5, 0.6) is 0 Å². The van der Waals surface area contributed by atoms with Crippen LogP contribution in [0.3, 0.4) is 0 Å². The van der Waals surface area contributed by atoms with E-state index in [4.69, 9.17) is 0 Å². The highest BCUT2D eigenvalue weighted by Crippen LogP contribution is 2.34. The molecule has 3 aromatic rings. The van der Waals surface area contributed by atoms with Crippen LogP contribution in [-0.4, -0.2) is 29.1 Å². The Hall–Kier alpha value is -4.87. The Bertz CT molecular complexity index is 1410. The number of nitrogens with one attached hydrogen (secondary N) is 2. The van der Waals surface area contributed by atoms with Crippen LogP contribution in [0.25, 0.3) is 0 Å². The van der Waals surface area contributed by atoms with E-state index < -0.39 is 46.8 Å². The third-order valence-electron chi connectivity index (χ3n) is 5.52. The molecule has 1 aliphatic rings. The van der Waals surface area contributed by atoms with Gasteiger partial charge in [0.1, 0.15) is 11.6 Å². The smallest absolute Gasteiger partial charge is 0.320 e. The van der Waals surface area contributed by atoms with Crippen molar-refractivity contribution in [2.75, 3.05) is 10.3 Å². The van der Waals surface area contributed by atoms with Gasteiger partial charge in [-0.3, -0.25) is 14.4 Å². The lowest BCUT2D eigenvalue weighted by Gasteiger charge is -2.17. The summed E-state index contributed by atoms with van der Waals surface area (Å²) >= 11 is 0. The Morgan fingerprint density at radius 3 is 2.32 bits per heavy atom. The maximum absolute atomic E-state index is 13.5. The number of anilines is 2. The normalized spacial score (nSPS) is 15.7. The minimum Gasteiger partial charge on any atom is -0.320 e. The summed E-state index contributed by atoms with van der Waals surface area (Å²) in [6, 6.07) is 18.0. The quantitative estimate of drug-likeness (QED) is 0.282. The number of carbonyl (C=O) groups is 3. The third-order valence-corrected chi connectivity index (χ3v) is 5.52. The number of nitrogens with zero attached hydrogens (tertiary/aromatic N) is 4. The SMILES string of the molecule is CC1=NN(c2ccccc2)C(=O)[C@H]1/C(=N/NC(=O)C[n+]1ccccc1)C(=O)Nc1ccccc1C(F)(F)F. The molecule has 4 rings (SSSR count). The number of hydrogen-bond donors (Lipinski definition) is 2. The maximum atomic E-state index is 13.5. The molecule has 194 valence electrons. The van der Waals surface area contributed by atoms with Gasteiger partial charge in [-0.1, -0.05) is 36.4 Å². The molecule has 12 heteroatoms. The van der Waals surface area contributed by atoms with E-state index in [2.05, 4.69) is 20.9 Å². The summed E-state index contributed by atoms with van der Waals surface area (Å²) in [5.74, 6) is -3.73. The summed E-state index contributed by atoms with van der Waals surface area (Å²) in [5.41, 5.74) is 0.710. The van der Waals surface area contributed by atoms with E-state index in [-0.39, 0.29) is 12.3 Å². The topological polar surface area (TPSA) is 107 Å². The first-order valence-corrected chi connectivity index (χ1v) is 11.4. The van der Waals surface area contributed by atoms with Gasteiger partial charge in [-0.2, -0.15) is 33.0 Å². The van der Waals surface area contributed by atoms with E-state index in [0.29, 0.717) is 5.69 Å². The fraction of sp³-hybridized carbons (Fsp3) is 0.154. The first-order valence-electron chi connectivity index (χ1n) is 11.4. The second-order valence-corrected chi connectivity index (χ2v) is 8.24. The number of aromatic nitrogens is 1. The average molecular weight is 523 g/mol. The first kappa shape index (κ1) is 26.2. The van der Waals surface area contributed by atoms with Crippen LogP contribution in [0.1, 0.15) is 12.5 Å². The molecular weight excluding hydrogens is 501 g/mol. The highest BCUT2D eigenvalue weighted by atomic mass is 19.4. The highest BCUT2D eigenvalue weighted by molar-refractivity contribution is 6.52. The Balaban J connectivity index is 1.65. The lowest BCUT2D eigenvalue weighted by Crippen LogP contribution is -2.43. The van der Waals surface area contributed by atoms with Crippen molar-refractivity contribution in [2.24, 2.45) is 16.1 Å². The zero-order valence-electron chi connectivity index (χ0n) is 20.0. The van der Waals surface area contributed by atoms with E-state index in [1.807, 2.05) is 0 Å². The number of alkyl halides is 3. The van der Waals surface area contributed by atoms with Gasteiger partial charge in [-0.15, -0.1) is 0 Å². The van der Waals surface area contributed by atoms with Crippen LogP contribution in [0.15, 0.2) is 95.4 Å². The van der Waals surface area contributed by atoms with E-state index >= 15 is 0 Å². The number of carbonyl (C=O) groups excluding carboxylic acids is 3. The summed E-state index contributed by atoms with van der Waals surface area (Å²) in [7, 11) is 0. The van der Waals surface area contributed by atoms with Crippen molar-refractivity contribution in [3.63, 3.8) is 0 Å². The van der Waals surface area contributed by atoms with Crippen molar-refractivity contribution in [3.05, 3.63) is 90.8 Å². The number of halogens is 3. The highest BCUT2D eigenvalue weighted by Gasteiger charge is 2.42. The van der Waals surface area contributed by atoms with Crippen LogP contribution >= 0.6 is 0 Å². The van der Waals surface area contributed by atoms with E-state index in [0.717, 1.165) is 17.1 Å². The maximum Gasteiger partial charge on any atom is 0.418 e. The van der Waals surface area contributed by atoms with Gasteiger partial charge in [0.05, 0.1) is 22.6 Å². The molecule has 0 saturated heterocycles. The minimum absolute atomic E-state index is 0.155. The first-order chi connectivity index (χ1) is 18.1. The van der Waals surface area contributed by atoms with Gasteiger partial charge in [-0.25, -0.2) is 5.43 Å². The molecule has 2 N–H and O–H groups in total. The summed E-state index contributed by atoms with van der Waals surface area (Å²) in [6.07, 6.45) is -1.47. The summed E-state index contributed by atoms with van der Waals surface area (Å²) in [5, 5.41) is 11.4. The summed E-state index contributed by atoms with van der Waals surface area (Å²) in [4.78, 5) is 39.1. The Morgan fingerprint density at radius 2 is 1.63 bits per heavy atom. The molecule has 0 saturated carbocycles. The van der Waals surface area contributed by atoms with Gasteiger partial charge in [0, 0.05) is 12.1 Å². The zero-order valence-corrected chi connectivity index (χ0v) is 20.0. The summed E-state index contributed by atoms with van der Waals surface area (Å²) in [6.45, 7) is 1.33. The molecule has 0 spiro atoms. The van der Waals surface area contributed by atoms with Gasteiger partial charge in [0.2, 0.25) is 6.54 Å². The molecule has 2 aromatic carbocycles. The Labute approximate surface area is 215 Å². The van der Waals surface area contributed by atoms with Gasteiger partial charge in [0.25, 0.3) is 11.8 Å². The van der Waals surface area contributed by atoms with Crippen molar-refractivity contribution in [1.29, 1.82) is 0 Å². The fourth-order valence-corrected chi connectivity index (χ4v) is 3.77. The van der Waals surface area contributed by atoms with Crippen LogP contribution in [0.4, 0.5) is 24.5 Å². The van der Waals surface area contributed by atoms with Gasteiger partial charge < -0.3 is 5.32 Å².